The first kappa shape index (κ1) is 33.0. The lowest BCUT2D eigenvalue weighted by molar-refractivity contribution is -0.179. The Kier molecular flexibility index (Phi) is 7.37. The zero-order chi connectivity index (χ0) is 34.5. The Bertz CT molecular complexity index is 1730. The standard InChI is InChI=1S/C40H50N2O6/c1-35(2)15-17-40(34(46)47)18-16-38(5)26(27(40)21-35)11-12-30-36(3)22-28-31(42-20-19-41-28)37(4,29(36)13-14-39(30,38)6)23-48-33(45)25-10-8-7-9-24(25)32(43)44/h7-11,19-20,27,29-30H,12-18,21-23H2,1-6H3,(H,43,44)(H,46,47)/t27-,29+,30+,36-,37-,38+,39+,40-/m0/s1. The monoisotopic (exact) mass is 654 g/mol. The first-order valence-corrected chi connectivity index (χ1v) is 17.8. The van der Waals surface area contributed by atoms with Gasteiger partial charge in [0.25, 0.3) is 0 Å². The van der Waals surface area contributed by atoms with E-state index in [1.807, 2.05) is 0 Å². The third kappa shape index (κ3) is 4.42. The molecular weight excluding hydrogens is 604 g/mol. The lowest BCUT2D eigenvalue weighted by atomic mass is 9.33. The number of esters is 1. The van der Waals surface area contributed by atoms with Crippen molar-refractivity contribution >= 4 is 17.9 Å². The summed E-state index contributed by atoms with van der Waals surface area (Å²) in [4.78, 5) is 48.1. The highest BCUT2D eigenvalue weighted by atomic mass is 16.5. The van der Waals surface area contributed by atoms with Crippen molar-refractivity contribution in [2.45, 2.75) is 105 Å². The van der Waals surface area contributed by atoms with Crippen LogP contribution < -0.4 is 0 Å². The van der Waals surface area contributed by atoms with Gasteiger partial charge >= 0.3 is 17.9 Å². The SMILES string of the molecule is CC1(C)CC[C@]2(C(=O)O)CC[C@]3(C)C(=CC[C@@H]4[C@@]5(C)Cc6nccnc6[C@@](C)(COC(=O)c6ccccc6C(=O)O)[C@@H]5CC[C@]43C)[C@@H]2C1. The van der Waals surface area contributed by atoms with Gasteiger partial charge in [-0.25, -0.2) is 9.59 Å². The number of carbonyl (C=O) groups excluding carboxylic acids is 1. The van der Waals surface area contributed by atoms with Gasteiger partial charge in [-0.3, -0.25) is 14.8 Å². The van der Waals surface area contributed by atoms with Crippen molar-refractivity contribution in [2.75, 3.05) is 6.61 Å². The number of aromatic carboxylic acids is 1. The van der Waals surface area contributed by atoms with Crippen molar-refractivity contribution in [3.05, 3.63) is 70.8 Å². The summed E-state index contributed by atoms with van der Waals surface area (Å²) in [5, 5.41) is 20.4. The normalized spacial score (nSPS) is 39.3. The molecule has 0 aliphatic heterocycles. The van der Waals surface area contributed by atoms with Gasteiger partial charge in [0, 0.05) is 17.8 Å². The van der Waals surface area contributed by atoms with Crippen LogP contribution in [0.2, 0.25) is 0 Å². The molecule has 0 amide bonds. The Morgan fingerprint density at radius 1 is 0.875 bits per heavy atom. The topological polar surface area (TPSA) is 127 Å². The highest BCUT2D eigenvalue weighted by molar-refractivity contribution is 6.02. The summed E-state index contributed by atoms with van der Waals surface area (Å²) >= 11 is 0. The van der Waals surface area contributed by atoms with Crippen LogP contribution in [0.4, 0.5) is 0 Å². The van der Waals surface area contributed by atoms with Crippen molar-refractivity contribution in [1.82, 2.24) is 9.97 Å². The summed E-state index contributed by atoms with van der Waals surface area (Å²) < 4.78 is 6.05. The van der Waals surface area contributed by atoms with Crippen LogP contribution in [0.3, 0.4) is 0 Å². The zero-order valence-electron chi connectivity index (χ0n) is 29.3. The fraction of sp³-hybridized carbons (Fsp3) is 0.625. The quantitative estimate of drug-likeness (QED) is 0.246. The summed E-state index contributed by atoms with van der Waals surface area (Å²) in [5.74, 6) is -1.93. The molecule has 0 unspecified atom stereocenters. The summed E-state index contributed by atoms with van der Waals surface area (Å²) in [6.07, 6.45) is 13.7. The second-order valence-corrected chi connectivity index (χ2v) is 17.5. The Balaban J connectivity index is 1.27. The minimum atomic E-state index is -1.17. The number of allylic oxidation sites excluding steroid dienone is 2. The number of ether oxygens (including phenoxy) is 1. The molecule has 3 fully saturated rings. The van der Waals surface area contributed by atoms with Crippen LogP contribution in [0.25, 0.3) is 0 Å². The Morgan fingerprint density at radius 3 is 2.27 bits per heavy atom. The van der Waals surface area contributed by atoms with Crippen molar-refractivity contribution in [3.63, 3.8) is 0 Å². The average Bonchev–Trinajstić information content (AvgIpc) is 3.03. The molecule has 0 spiro atoms. The minimum absolute atomic E-state index is 0.0428. The van der Waals surface area contributed by atoms with Crippen LogP contribution in [0.15, 0.2) is 48.3 Å². The van der Waals surface area contributed by atoms with Gasteiger partial charge < -0.3 is 14.9 Å². The number of aliphatic carboxylic acids is 1. The molecule has 7 rings (SSSR count). The van der Waals surface area contributed by atoms with E-state index in [2.05, 4.69) is 47.6 Å². The first-order valence-electron chi connectivity index (χ1n) is 17.8. The molecule has 2 aromatic rings. The third-order valence-corrected chi connectivity index (χ3v) is 14.8. The van der Waals surface area contributed by atoms with Crippen LogP contribution in [-0.2, 0) is 21.4 Å². The van der Waals surface area contributed by atoms with Crippen molar-refractivity contribution in [3.8, 4) is 0 Å². The maximum atomic E-state index is 13.4. The number of carboxylic acids is 2. The van der Waals surface area contributed by atoms with Gasteiger partial charge in [-0.1, -0.05) is 65.3 Å². The van der Waals surface area contributed by atoms with E-state index in [-0.39, 0.29) is 51.2 Å². The predicted octanol–water partition coefficient (Wildman–Crippen LogP) is 7.91. The molecule has 8 nitrogen and oxygen atoms in total. The van der Waals surface area contributed by atoms with E-state index in [1.165, 1.54) is 17.7 Å². The van der Waals surface area contributed by atoms with Crippen LogP contribution in [0, 0.1) is 44.8 Å². The second-order valence-electron chi connectivity index (χ2n) is 17.5. The van der Waals surface area contributed by atoms with Crippen LogP contribution in [0.5, 0.6) is 0 Å². The number of carbonyl (C=O) groups is 3. The smallest absolute Gasteiger partial charge is 0.339 e. The molecule has 48 heavy (non-hydrogen) atoms. The summed E-state index contributed by atoms with van der Waals surface area (Å²) in [7, 11) is 0. The Labute approximate surface area is 283 Å². The van der Waals surface area contributed by atoms with Crippen molar-refractivity contribution in [2.24, 2.45) is 44.8 Å². The van der Waals surface area contributed by atoms with E-state index in [4.69, 9.17) is 14.7 Å². The Hall–Kier alpha value is -3.55. The van der Waals surface area contributed by atoms with Gasteiger partial charge in [0.2, 0.25) is 0 Å². The molecule has 1 aromatic heterocycles. The molecule has 0 bridgehead atoms. The summed E-state index contributed by atoms with van der Waals surface area (Å²) in [5.41, 5.74) is 1.62. The lowest BCUT2D eigenvalue weighted by Gasteiger charge is -2.70. The molecule has 1 aromatic carbocycles. The second kappa shape index (κ2) is 10.7. The summed E-state index contributed by atoms with van der Waals surface area (Å²) in [6.45, 7) is 14.2. The van der Waals surface area contributed by atoms with E-state index >= 15 is 0 Å². The number of fused-ring (bicyclic) bond motifs is 8. The molecule has 5 aliphatic carbocycles. The van der Waals surface area contributed by atoms with E-state index in [1.54, 1.807) is 24.5 Å². The fourth-order valence-corrected chi connectivity index (χ4v) is 12.1. The molecule has 3 saturated carbocycles. The number of hydrogen-bond donors (Lipinski definition) is 2. The van der Waals surface area contributed by atoms with Gasteiger partial charge in [0.15, 0.2) is 0 Å². The molecule has 5 aliphatic rings. The fourth-order valence-electron chi connectivity index (χ4n) is 12.1. The summed E-state index contributed by atoms with van der Waals surface area (Å²) in [6, 6.07) is 6.18. The average molecular weight is 655 g/mol. The van der Waals surface area contributed by atoms with Crippen LogP contribution >= 0.6 is 0 Å². The van der Waals surface area contributed by atoms with Gasteiger partial charge in [-0.15, -0.1) is 0 Å². The highest BCUT2D eigenvalue weighted by Crippen LogP contribution is 2.75. The maximum Gasteiger partial charge on any atom is 0.339 e. The third-order valence-electron chi connectivity index (χ3n) is 14.8. The first-order chi connectivity index (χ1) is 22.5. The van der Waals surface area contributed by atoms with Crippen LogP contribution in [0.1, 0.15) is 125 Å². The molecule has 1 heterocycles. The predicted molar refractivity (Wildman–Crippen MR) is 180 cm³/mol. The Morgan fingerprint density at radius 2 is 1.56 bits per heavy atom. The van der Waals surface area contributed by atoms with E-state index in [9.17, 15) is 24.6 Å². The lowest BCUT2D eigenvalue weighted by Crippen LogP contribution is -2.65. The minimum Gasteiger partial charge on any atom is -0.481 e. The molecule has 256 valence electrons. The molecule has 0 saturated heterocycles. The molecule has 0 radical (unpaired) electrons. The maximum absolute atomic E-state index is 13.4. The zero-order valence-corrected chi connectivity index (χ0v) is 29.3. The highest BCUT2D eigenvalue weighted by Gasteiger charge is 2.70. The number of hydrogen-bond acceptors (Lipinski definition) is 6. The largest absolute Gasteiger partial charge is 0.481 e. The molecular formula is C40H50N2O6. The molecule has 8 heteroatoms. The van der Waals surface area contributed by atoms with Gasteiger partial charge in [0.1, 0.15) is 6.61 Å². The number of rotatable bonds is 5. The number of benzene rings is 1. The van der Waals surface area contributed by atoms with E-state index in [0.717, 1.165) is 69.2 Å². The number of aromatic nitrogens is 2. The van der Waals surface area contributed by atoms with Gasteiger partial charge in [0.05, 0.1) is 27.9 Å². The van der Waals surface area contributed by atoms with Crippen LogP contribution in [-0.4, -0.2) is 44.7 Å². The van der Waals surface area contributed by atoms with E-state index in [0.29, 0.717) is 5.92 Å². The molecule has 2 N–H and O–H groups in total. The number of nitrogens with zero attached hydrogens (tertiary/aromatic N) is 2. The van der Waals surface area contributed by atoms with E-state index < -0.39 is 28.7 Å². The van der Waals surface area contributed by atoms with Gasteiger partial charge in [-0.2, -0.15) is 0 Å². The van der Waals surface area contributed by atoms with Crippen molar-refractivity contribution < 1.29 is 29.3 Å². The molecule has 8 atom stereocenters. The van der Waals surface area contributed by atoms with Gasteiger partial charge in [-0.05, 0) is 109 Å². The van der Waals surface area contributed by atoms with Crippen molar-refractivity contribution in [1.29, 1.82) is 0 Å². The number of carboxylic acid groups (broad SMARTS) is 2.